The van der Waals surface area contributed by atoms with Crippen LogP contribution in [0.5, 0.6) is 0 Å². The first kappa shape index (κ1) is 23.0. The van der Waals surface area contributed by atoms with Gasteiger partial charge in [0.25, 0.3) is 0 Å². The summed E-state index contributed by atoms with van der Waals surface area (Å²) in [5, 5.41) is 0. The van der Waals surface area contributed by atoms with Crippen molar-refractivity contribution in [1.29, 1.82) is 0 Å². The number of hydrogen-bond donors (Lipinski definition) is 0. The largest absolute Gasteiger partial charge is 0.458 e. The van der Waals surface area contributed by atoms with E-state index in [4.69, 9.17) is 9.47 Å². The zero-order valence-corrected chi connectivity index (χ0v) is 17.3. The maximum Gasteiger partial charge on any atom is 0.303 e. The normalized spacial score (nSPS) is 16.7. The molecule has 0 spiro atoms. The zero-order chi connectivity index (χ0) is 20.7. The van der Waals surface area contributed by atoms with Gasteiger partial charge in [0.15, 0.2) is 11.2 Å². The Morgan fingerprint density at radius 1 is 1.07 bits per heavy atom. The third kappa shape index (κ3) is 4.46. The number of methoxy groups -OCH3 is 1. The Balaban J connectivity index is 3.76. The molecule has 150 valence electrons. The summed E-state index contributed by atoms with van der Waals surface area (Å²) in [6, 6.07) is 8.66. The van der Waals surface area contributed by atoms with Crippen LogP contribution in [-0.2, 0) is 19.1 Å². The van der Waals surface area contributed by atoms with Crippen molar-refractivity contribution in [3.63, 3.8) is 0 Å². The van der Waals surface area contributed by atoms with Gasteiger partial charge < -0.3 is 9.47 Å². The molecule has 0 fully saturated rings. The van der Waals surface area contributed by atoms with Crippen molar-refractivity contribution in [2.45, 2.75) is 72.0 Å². The van der Waals surface area contributed by atoms with E-state index in [9.17, 15) is 14.4 Å². The van der Waals surface area contributed by atoms with Crippen LogP contribution in [0.3, 0.4) is 0 Å². The fourth-order valence-electron chi connectivity index (χ4n) is 3.95. The average Bonchev–Trinajstić information content (AvgIpc) is 2.64. The van der Waals surface area contributed by atoms with Crippen LogP contribution < -0.4 is 0 Å². The van der Waals surface area contributed by atoms with E-state index in [1.54, 1.807) is 31.2 Å². The van der Waals surface area contributed by atoms with Crippen molar-refractivity contribution >= 4 is 17.5 Å². The van der Waals surface area contributed by atoms with E-state index in [2.05, 4.69) is 0 Å². The number of unbranched alkanes of at least 4 members (excludes halogenated alkanes) is 1. The highest BCUT2D eigenvalue weighted by Crippen LogP contribution is 2.46. The maximum atomic E-state index is 13.8. The molecule has 0 bridgehead atoms. The van der Waals surface area contributed by atoms with Gasteiger partial charge in [-0.15, -0.1) is 0 Å². The van der Waals surface area contributed by atoms with Gasteiger partial charge in [-0.1, -0.05) is 57.0 Å². The Labute approximate surface area is 162 Å². The van der Waals surface area contributed by atoms with Crippen LogP contribution in [0.25, 0.3) is 0 Å². The van der Waals surface area contributed by atoms with Gasteiger partial charge in [0.2, 0.25) is 0 Å². The number of Topliss-reactive ketones (excluding diaryl/α,β-unsaturated/α-hetero) is 2. The summed E-state index contributed by atoms with van der Waals surface area (Å²) in [7, 11) is 1.50. The molecular formula is C22H32O5. The predicted octanol–water partition coefficient (Wildman–Crippen LogP) is 4.38. The fourth-order valence-corrected chi connectivity index (χ4v) is 3.95. The lowest BCUT2D eigenvalue weighted by Crippen LogP contribution is -2.64. The monoisotopic (exact) mass is 376 g/mol. The fraction of sp³-hybridized carbons (Fsp3) is 0.591. The second-order valence-corrected chi connectivity index (χ2v) is 7.10. The average molecular weight is 376 g/mol. The van der Waals surface area contributed by atoms with Crippen LogP contribution in [0.2, 0.25) is 0 Å². The number of carbonyl (C=O) groups excluding carboxylic acids is 3. The smallest absolute Gasteiger partial charge is 0.303 e. The van der Waals surface area contributed by atoms with E-state index < -0.39 is 23.1 Å². The molecule has 0 aliphatic rings. The van der Waals surface area contributed by atoms with Crippen molar-refractivity contribution in [3.05, 3.63) is 35.9 Å². The van der Waals surface area contributed by atoms with Gasteiger partial charge in [0, 0.05) is 19.6 Å². The first-order valence-electron chi connectivity index (χ1n) is 9.54. The SMILES string of the molecule is CCCCC(OC)C(C(C)=O)(C(=O)c1ccccc1)C(C)(CC)OC(C)=O. The zero-order valence-electron chi connectivity index (χ0n) is 17.3. The third-order valence-corrected chi connectivity index (χ3v) is 5.41. The van der Waals surface area contributed by atoms with Gasteiger partial charge in [0.1, 0.15) is 11.4 Å². The van der Waals surface area contributed by atoms with E-state index in [-0.39, 0.29) is 11.6 Å². The lowest BCUT2D eigenvalue weighted by molar-refractivity contribution is -0.183. The summed E-state index contributed by atoms with van der Waals surface area (Å²) in [6.45, 7) is 8.18. The van der Waals surface area contributed by atoms with E-state index in [0.717, 1.165) is 12.8 Å². The quantitative estimate of drug-likeness (QED) is 0.326. The molecule has 0 saturated heterocycles. The lowest BCUT2D eigenvalue weighted by Gasteiger charge is -2.48. The number of hydrogen-bond acceptors (Lipinski definition) is 5. The standard InChI is InChI=1S/C22H32O5/c1-7-9-15-19(26-6)22(16(3)23,21(5,8-2)27-17(4)24)20(25)18-13-11-10-12-14-18/h10-14,19H,7-9,15H2,1-6H3. The van der Waals surface area contributed by atoms with Crippen molar-refractivity contribution in [2.24, 2.45) is 5.41 Å². The Kier molecular flexibility index (Phi) is 8.35. The summed E-state index contributed by atoms with van der Waals surface area (Å²) in [4.78, 5) is 38.8. The molecule has 0 aliphatic heterocycles. The van der Waals surface area contributed by atoms with Gasteiger partial charge in [-0.05, 0) is 26.7 Å². The van der Waals surface area contributed by atoms with Gasteiger partial charge in [-0.25, -0.2) is 0 Å². The predicted molar refractivity (Wildman–Crippen MR) is 105 cm³/mol. The number of benzene rings is 1. The molecule has 0 aliphatic carbocycles. The number of ketones is 2. The first-order valence-corrected chi connectivity index (χ1v) is 9.54. The Morgan fingerprint density at radius 3 is 2.07 bits per heavy atom. The summed E-state index contributed by atoms with van der Waals surface area (Å²) < 4.78 is 11.4. The first-order chi connectivity index (χ1) is 12.7. The highest BCUT2D eigenvalue weighted by molar-refractivity contribution is 6.15. The second-order valence-electron chi connectivity index (χ2n) is 7.10. The molecule has 0 amide bonds. The Morgan fingerprint density at radius 2 is 1.67 bits per heavy atom. The summed E-state index contributed by atoms with van der Waals surface area (Å²) >= 11 is 0. The highest BCUT2D eigenvalue weighted by Gasteiger charge is 2.63. The molecule has 27 heavy (non-hydrogen) atoms. The number of carbonyl (C=O) groups is 3. The van der Waals surface area contributed by atoms with Crippen LogP contribution in [0.1, 0.15) is 70.7 Å². The minimum absolute atomic E-state index is 0.302. The molecule has 0 heterocycles. The molecule has 3 atom stereocenters. The Bertz CT molecular complexity index is 654. The van der Waals surface area contributed by atoms with Crippen molar-refractivity contribution < 1.29 is 23.9 Å². The maximum absolute atomic E-state index is 13.8. The molecule has 5 heteroatoms. The van der Waals surface area contributed by atoms with Crippen molar-refractivity contribution in [2.75, 3.05) is 7.11 Å². The van der Waals surface area contributed by atoms with Crippen molar-refractivity contribution in [1.82, 2.24) is 0 Å². The minimum Gasteiger partial charge on any atom is -0.458 e. The third-order valence-electron chi connectivity index (χ3n) is 5.41. The highest BCUT2D eigenvalue weighted by atomic mass is 16.6. The molecule has 0 saturated carbocycles. The molecule has 1 aromatic carbocycles. The molecule has 0 N–H and O–H groups in total. The van der Waals surface area contributed by atoms with Crippen LogP contribution in [0.4, 0.5) is 0 Å². The molecule has 1 rings (SSSR count). The molecule has 3 unspecified atom stereocenters. The van der Waals surface area contributed by atoms with Crippen molar-refractivity contribution in [3.8, 4) is 0 Å². The van der Waals surface area contributed by atoms with E-state index >= 15 is 0 Å². The number of ether oxygens (including phenoxy) is 2. The number of esters is 1. The molecule has 5 nitrogen and oxygen atoms in total. The second kappa shape index (κ2) is 9.79. The summed E-state index contributed by atoms with van der Waals surface area (Å²) in [5.41, 5.74) is -2.55. The van der Waals surface area contributed by atoms with E-state index in [1.165, 1.54) is 21.0 Å². The van der Waals surface area contributed by atoms with Gasteiger partial charge in [-0.2, -0.15) is 0 Å². The van der Waals surface area contributed by atoms with Gasteiger partial charge >= 0.3 is 5.97 Å². The van der Waals surface area contributed by atoms with Crippen LogP contribution in [0, 0.1) is 5.41 Å². The summed E-state index contributed by atoms with van der Waals surface area (Å²) in [5.74, 6) is -1.26. The van der Waals surface area contributed by atoms with Crippen LogP contribution in [-0.4, -0.2) is 36.4 Å². The number of rotatable bonds is 11. The molecule has 0 radical (unpaired) electrons. The minimum atomic E-state index is -1.63. The summed E-state index contributed by atoms with van der Waals surface area (Å²) in [6.07, 6.45) is 1.80. The van der Waals surface area contributed by atoms with Gasteiger partial charge in [-0.3, -0.25) is 14.4 Å². The molecule has 0 aromatic heterocycles. The van der Waals surface area contributed by atoms with Crippen LogP contribution >= 0.6 is 0 Å². The molecule has 1 aromatic rings. The van der Waals surface area contributed by atoms with Crippen LogP contribution in [0.15, 0.2) is 30.3 Å². The topological polar surface area (TPSA) is 69.7 Å². The van der Waals surface area contributed by atoms with E-state index in [0.29, 0.717) is 18.4 Å². The Hall–Kier alpha value is -2.01. The van der Waals surface area contributed by atoms with E-state index in [1.807, 2.05) is 19.9 Å². The molecular weight excluding hydrogens is 344 g/mol. The van der Waals surface area contributed by atoms with Gasteiger partial charge in [0.05, 0.1) is 6.10 Å². The lowest BCUT2D eigenvalue weighted by atomic mass is 9.60.